The zero-order chi connectivity index (χ0) is 18.1. The number of hydrogen-bond acceptors (Lipinski definition) is 5. The third-order valence-corrected chi connectivity index (χ3v) is 6.25. The predicted octanol–water partition coefficient (Wildman–Crippen LogP) is 2.94. The van der Waals surface area contributed by atoms with Crippen LogP contribution >= 0.6 is 0 Å². The van der Waals surface area contributed by atoms with Crippen LogP contribution < -0.4 is 10.2 Å². The molecular formula is C22H29N5. The molecule has 5 rings (SSSR count). The third kappa shape index (κ3) is 3.99. The molecule has 1 saturated carbocycles. The first-order valence-corrected chi connectivity index (χ1v) is 10.5. The maximum absolute atomic E-state index is 4.82. The maximum atomic E-state index is 4.82. The molecule has 1 atom stereocenters. The topological polar surface area (TPSA) is 44.3 Å². The van der Waals surface area contributed by atoms with Crippen LogP contribution in [0, 0.1) is 0 Å². The number of hydrogen-bond donors (Lipinski definition) is 1. The van der Waals surface area contributed by atoms with E-state index in [1.807, 2.05) is 18.3 Å². The van der Waals surface area contributed by atoms with Crippen LogP contribution in [0.5, 0.6) is 0 Å². The van der Waals surface area contributed by atoms with Gasteiger partial charge >= 0.3 is 0 Å². The minimum absolute atomic E-state index is 0.562. The van der Waals surface area contributed by atoms with E-state index in [1.54, 1.807) is 0 Å². The molecule has 0 bridgehead atoms. The Kier molecular flexibility index (Phi) is 4.80. The van der Waals surface area contributed by atoms with Gasteiger partial charge in [-0.05, 0) is 51.3 Å². The van der Waals surface area contributed by atoms with Gasteiger partial charge in [0.15, 0.2) is 0 Å². The lowest BCUT2D eigenvalue weighted by Crippen LogP contribution is -2.47. The highest BCUT2D eigenvalue weighted by atomic mass is 15.3. The summed E-state index contributed by atoms with van der Waals surface area (Å²) in [6, 6.07) is 14.5. The van der Waals surface area contributed by atoms with Gasteiger partial charge in [-0.1, -0.05) is 30.3 Å². The van der Waals surface area contributed by atoms with Crippen LogP contribution in [-0.2, 0) is 0 Å². The molecule has 2 aromatic rings. The van der Waals surface area contributed by atoms with E-state index in [0.29, 0.717) is 12.1 Å². The van der Waals surface area contributed by atoms with Crippen molar-refractivity contribution in [2.75, 3.05) is 31.1 Å². The van der Waals surface area contributed by atoms with Gasteiger partial charge in [0, 0.05) is 43.0 Å². The van der Waals surface area contributed by atoms with Crippen LogP contribution in [0.25, 0.3) is 11.3 Å². The Bertz CT molecular complexity index is 752. The average molecular weight is 364 g/mol. The fraction of sp³-hybridized carbons (Fsp3) is 0.545. The zero-order valence-corrected chi connectivity index (χ0v) is 15.9. The highest BCUT2D eigenvalue weighted by Crippen LogP contribution is 2.29. The monoisotopic (exact) mass is 363 g/mol. The molecule has 0 spiro atoms. The van der Waals surface area contributed by atoms with Gasteiger partial charge in [-0.15, -0.1) is 0 Å². The van der Waals surface area contributed by atoms with Crippen molar-refractivity contribution in [3.63, 3.8) is 0 Å². The van der Waals surface area contributed by atoms with Gasteiger partial charge in [0.1, 0.15) is 0 Å². The summed E-state index contributed by atoms with van der Waals surface area (Å²) in [5, 5.41) is 3.92. The van der Waals surface area contributed by atoms with Crippen molar-refractivity contribution >= 4 is 5.95 Å². The molecule has 0 radical (unpaired) electrons. The first-order valence-electron chi connectivity index (χ1n) is 10.5. The van der Waals surface area contributed by atoms with Crippen molar-refractivity contribution in [1.82, 2.24) is 20.2 Å². The minimum atomic E-state index is 0.562. The van der Waals surface area contributed by atoms with Crippen molar-refractivity contribution < 1.29 is 0 Å². The molecule has 1 aromatic heterocycles. The molecule has 3 fully saturated rings. The van der Waals surface area contributed by atoms with E-state index in [4.69, 9.17) is 4.98 Å². The standard InChI is InChI=1S/C22H29N5/c1-2-4-17(5-3-1)21-8-12-23-22(25-21)27-15-11-19(16-27)24-18-9-13-26(14-10-18)20-6-7-20/h1-5,8,12,18-20,24H,6-7,9-11,13-16H2. The van der Waals surface area contributed by atoms with Crippen molar-refractivity contribution in [3.05, 3.63) is 42.6 Å². The van der Waals surface area contributed by atoms with E-state index in [-0.39, 0.29) is 0 Å². The molecule has 5 nitrogen and oxygen atoms in total. The Hall–Kier alpha value is -1.98. The van der Waals surface area contributed by atoms with Crippen LogP contribution in [0.15, 0.2) is 42.6 Å². The highest BCUT2D eigenvalue weighted by Gasteiger charge is 2.33. The summed E-state index contributed by atoms with van der Waals surface area (Å²) in [5.41, 5.74) is 2.15. The summed E-state index contributed by atoms with van der Waals surface area (Å²) in [7, 11) is 0. The number of anilines is 1. The van der Waals surface area contributed by atoms with Gasteiger partial charge in [0.25, 0.3) is 0 Å². The average Bonchev–Trinajstić information content (AvgIpc) is 3.48. The summed E-state index contributed by atoms with van der Waals surface area (Å²) in [5.74, 6) is 0.865. The first-order chi connectivity index (χ1) is 13.3. The van der Waals surface area contributed by atoms with Gasteiger partial charge in [0.05, 0.1) is 5.69 Å². The molecule has 142 valence electrons. The van der Waals surface area contributed by atoms with Crippen LogP contribution in [-0.4, -0.2) is 59.2 Å². The van der Waals surface area contributed by atoms with Crippen molar-refractivity contribution in [3.8, 4) is 11.3 Å². The summed E-state index contributed by atoms with van der Waals surface area (Å²) in [6.45, 7) is 4.61. The molecule has 2 saturated heterocycles. The van der Waals surface area contributed by atoms with Crippen molar-refractivity contribution in [2.24, 2.45) is 0 Å². The quantitative estimate of drug-likeness (QED) is 0.885. The van der Waals surface area contributed by atoms with Gasteiger partial charge in [-0.3, -0.25) is 0 Å². The Morgan fingerprint density at radius 1 is 0.852 bits per heavy atom. The number of piperidine rings is 1. The van der Waals surface area contributed by atoms with E-state index in [0.717, 1.165) is 36.3 Å². The lowest BCUT2D eigenvalue weighted by molar-refractivity contribution is 0.184. The second kappa shape index (κ2) is 7.56. The van der Waals surface area contributed by atoms with E-state index in [9.17, 15) is 0 Å². The number of rotatable bonds is 5. The molecule has 1 N–H and O–H groups in total. The summed E-state index contributed by atoms with van der Waals surface area (Å²) < 4.78 is 0. The zero-order valence-electron chi connectivity index (χ0n) is 15.9. The van der Waals surface area contributed by atoms with Crippen molar-refractivity contribution in [2.45, 2.75) is 50.2 Å². The Morgan fingerprint density at radius 2 is 1.63 bits per heavy atom. The lowest BCUT2D eigenvalue weighted by atomic mass is 10.0. The molecule has 5 heteroatoms. The summed E-state index contributed by atoms with van der Waals surface area (Å²) in [4.78, 5) is 14.4. The molecule has 27 heavy (non-hydrogen) atoms. The van der Waals surface area contributed by atoms with Gasteiger partial charge in [0.2, 0.25) is 5.95 Å². The summed E-state index contributed by atoms with van der Waals surface area (Å²) in [6.07, 6.45) is 8.52. The molecule has 3 aliphatic rings. The van der Waals surface area contributed by atoms with Crippen LogP contribution in [0.2, 0.25) is 0 Å². The molecule has 0 amide bonds. The van der Waals surface area contributed by atoms with E-state index < -0.39 is 0 Å². The van der Waals surface area contributed by atoms with Crippen molar-refractivity contribution in [1.29, 1.82) is 0 Å². The Labute approximate surface area is 161 Å². The normalized spacial score (nSPS) is 24.4. The fourth-order valence-corrected chi connectivity index (χ4v) is 4.55. The lowest BCUT2D eigenvalue weighted by Gasteiger charge is -2.34. The molecular weight excluding hydrogens is 334 g/mol. The number of nitrogens with one attached hydrogen (secondary N) is 1. The fourth-order valence-electron chi connectivity index (χ4n) is 4.55. The van der Waals surface area contributed by atoms with Gasteiger partial charge < -0.3 is 15.1 Å². The van der Waals surface area contributed by atoms with Crippen LogP contribution in [0.1, 0.15) is 32.1 Å². The highest BCUT2D eigenvalue weighted by molar-refractivity contribution is 5.59. The van der Waals surface area contributed by atoms with E-state index in [2.05, 4.69) is 44.4 Å². The van der Waals surface area contributed by atoms with Crippen LogP contribution in [0.3, 0.4) is 0 Å². The molecule has 1 aliphatic carbocycles. The Morgan fingerprint density at radius 3 is 2.41 bits per heavy atom. The molecule has 3 heterocycles. The SMILES string of the molecule is c1ccc(-c2ccnc(N3CCC(NC4CCN(C5CC5)CC4)C3)n2)cc1. The predicted molar refractivity (Wildman–Crippen MR) is 109 cm³/mol. The van der Waals surface area contributed by atoms with Gasteiger partial charge in [-0.25, -0.2) is 9.97 Å². The third-order valence-electron chi connectivity index (χ3n) is 6.25. The number of aromatic nitrogens is 2. The van der Waals surface area contributed by atoms with Crippen LogP contribution in [0.4, 0.5) is 5.95 Å². The van der Waals surface area contributed by atoms with E-state index in [1.165, 1.54) is 45.2 Å². The number of benzene rings is 1. The largest absolute Gasteiger partial charge is 0.339 e. The maximum Gasteiger partial charge on any atom is 0.225 e. The second-order valence-electron chi connectivity index (χ2n) is 8.25. The summed E-state index contributed by atoms with van der Waals surface area (Å²) >= 11 is 0. The van der Waals surface area contributed by atoms with E-state index >= 15 is 0 Å². The molecule has 1 unspecified atom stereocenters. The Balaban J connectivity index is 1.17. The number of likely N-dealkylation sites (tertiary alicyclic amines) is 1. The second-order valence-corrected chi connectivity index (χ2v) is 8.25. The first kappa shape index (κ1) is 17.1. The van der Waals surface area contributed by atoms with Gasteiger partial charge in [-0.2, -0.15) is 0 Å². The minimum Gasteiger partial charge on any atom is -0.339 e. The molecule has 1 aromatic carbocycles. The molecule has 2 aliphatic heterocycles. The number of nitrogens with zero attached hydrogens (tertiary/aromatic N) is 4. The smallest absolute Gasteiger partial charge is 0.225 e.